The Morgan fingerprint density at radius 2 is 0.866 bits per heavy atom. The summed E-state index contributed by atoms with van der Waals surface area (Å²) in [7, 11) is 2.13. The number of aliphatic carboxylic acids is 1. The molecule has 10 heterocycles. The van der Waals surface area contributed by atoms with Crippen LogP contribution < -0.4 is 38.8 Å². The lowest BCUT2D eigenvalue weighted by Crippen LogP contribution is -2.54. The molecule has 42 heteroatoms. The van der Waals surface area contributed by atoms with E-state index in [0.717, 1.165) is 135 Å². The van der Waals surface area contributed by atoms with Crippen molar-refractivity contribution in [3.05, 3.63) is 204 Å². The molecule has 0 spiro atoms. The van der Waals surface area contributed by atoms with Crippen LogP contribution >= 0.6 is 52.1 Å². The summed E-state index contributed by atoms with van der Waals surface area (Å²) in [5.41, 5.74) is 5.27. The molecule has 3 fully saturated rings. The van der Waals surface area contributed by atoms with Crippen molar-refractivity contribution in [2.24, 2.45) is 0 Å². The molecule has 12 aromatic rings. The van der Waals surface area contributed by atoms with Crippen LogP contribution in [-0.4, -0.2) is 260 Å². The zero-order valence-electron chi connectivity index (χ0n) is 81.5. The largest absolute Gasteiger partial charge is 0.495 e. The summed E-state index contributed by atoms with van der Waals surface area (Å²) in [6.45, 7) is 12.3. The maximum atomic E-state index is 13.4. The Kier molecular flexibility index (Phi) is 49.5. The van der Waals surface area contributed by atoms with Gasteiger partial charge in [-0.1, -0.05) is 58.0 Å². The number of thiol groups is 1. The van der Waals surface area contributed by atoms with Crippen molar-refractivity contribution >= 4 is 183 Å². The maximum Gasteiger partial charge on any atom is 0.305 e. The van der Waals surface area contributed by atoms with Crippen LogP contribution in [0.1, 0.15) is 102 Å². The number of anilines is 2. The first-order valence-corrected chi connectivity index (χ1v) is 53.4. The smallest absolute Gasteiger partial charge is 0.305 e. The van der Waals surface area contributed by atoms with E-state index in [1.807, 2.05) is 63.2 Å². The van der Waals surface area contributed by atoms with E-state index in [1.54, 1.807) is 110 Å². The fourth-order valence-electron chi connectivity index (χ4n) is 14.5. The highest BCUT2D eigenvalue weighted by Crippen LogP contribution is 2.35. The van der Waals surface area contributed by atoms with E-state index in [-0.39, 0.29) is 106 Å². The lowest BCUT2D eigenvalue weighted by atomic mass is 10.1. The molecule has 3 aliphatic heterocycles. The second-order valence-electron chi connectivity index (χ2n) is 31.7. The zero-order valence-corrected chi connectivity index (χ0v) is 88.1. The third kappa shape index (κ3) is 36.9. The number of ether oxygens (including phenoxy) is 8. The molecular weight excluding hydrogens is 2020 g/mol. The number of nitrogens with zero attached hydrogens (tertiary/aromatic N) is 10. The van der Waals surface area contributed by atoms with Crippen LogP contribution in [0.5, 0.6) is 28.7 Å². The molecule has 1 amide bonds. The molecule has 33 nitrogen and oxygen atoms in total. The van der Waals surface area contributed by atoms with E-state index in [1.165, 1.54) is 103 Å². The topological polar surface area (TPSA) is 431 Å². The Morgan fingerprint density at radius 1 is 0.486 bits per heavy atom. The summed E-state index contributed by atoms with van der Waals surface area (Å²) in [4.78, 5) is 103. The number of carboxylic acid groups (broad SMARTS) is 1. The maximum absolute atomic E-state index is 13.4. The monoisotopic (exact) mass is 2140 g/mol. The van der Waals surface area contributed by atoms with Crippen molar-refractivity contribution < 1.29 is 111 Å². The number of fused-ring (bicyclic) bond motifs is 5. The van der Waals surface area contributed by atoms with Crippen LogP contribution in [0.2, 0.25) is 0 Å². The van der Waals surface area contributed by atoms with Crippen LogP contribution in [0.15, 0.2) is 201 Å². The first-order chi connectivity index (χ1) is 68.0. The average molecular weight is 2140 g/mol. The Labute approximate surface area is 849 Å². The molecule has 1 unspecified atom stereocenters. The number of carboxylic acids is 1. The number of aryl methyl sites for hydroxylation is 2. The van der Waals surface area contributed by atoms with Gasteiger partial charge in [0.2, 0.25) is 5.91 Å². The zero-order chi connectivity index (χ0) is 104. The number of thioether (sulfide) groups is 2. The molecule has 142 heavy (non-hydrogen) atoms. The number of nitrogens with one attached hydrogen (secondary N) is 1. The fourth-order valence-corrected chi connectivity index (χ4v) is 21.5. The van der Waals surface area contributed by atoms with Crippen LogP contribution in [-0.2, 0) is 72.5 Å². The van der Waals surface area contributed by atoms with Crippen molar-refractivity contribution in [2.45, 2.75) is 136 Å². The van der Waals surface area contributed by atoms with Gasteiger partial charge in [0.15, 0.2) is 34.6 Å². The first-order valence-electron chi connectivity index (χ1n) is 45.0. The number of carbonyl (C=O) groups is 6. The van der Waals surface area contributed by atoms with Gasteiger partial charge < -0.3 is 68.1 Å². The number of pyridine rings is 7. The highest BCUT2D eigenvalue weighted by atomic mass is 79.9. The number of sulfone groups is 3. The van der Waals surface area contributed by atoms with Crippen molar-refractivity contribution in [1.29, 1.82) is 0 Å². The van der Waals surface area contributed by atoms with Gasteiger partial charge in [-0.25, -0.2) is 44.0 Å². The summed E-state index contributed by atoms with van der Waals surface area (Å²) in [5, 5.41) is 23.0. The number of rotatable bonds is 30. The molecule has 3 saturated heterocycles. The quantitative estimate of drug-likeness (QED) is 0.0107. The third-order valence-electron chi connectivity index (χ3n) is 21.6. The van der Waals surface area contributed by atoms with Gasteiger partial charge in [0.05, 0.1) is 160 Å². The molecule has 7 aromatic heterocycles. The van der Waals surface area contributed by atoms with Gasteiger partial charge in [0, 0.05) is 139 Å². The van der Waals surface area contributed by atoms with Gasteiger partial charge in [-0.05, 0) is 192 Å². The van der Waals surface area contributed by atoms with Gasteiger partial charge >= 0.3 is 23.9 Å². The minimum absolute atomic E-state index is 0.0715. The van der Waals surface area contributed by atoms with Crippen molar-refractivity contribution in [3.8, 4) is 28.7 Å². The second kappa shape index (κ2) is 60.0. The number of hydrogen-bond donors (Lipinski definition) is 4. The van der Waals surface area contributed by atoms with E-state index in [4.69, 9.17) is 33.9 Å². The molecule has 766 valence electrons. The van der Waals surface area contributed by atoms with E-state index in [2.05, 4.69) is 106 Å². The number of carbonyl (C=O) groups excluding carboxylic acids is 5. The lowest BCUT2D eigenvalue weighted by Gasteiger charge is -2.41. The number of amides is 1. The third-order valence-corrected chi connectivity index (χ3v) is 30.4. The minimum Gasteiger partial charge on any atom is -0.495 e. The van der Waals surface area contributed by atoms with Crippen LogP contribution in [0.3, 0.4) is 0 Å². The van der Waals surface area contributed by atoms with Gasteiger partial charge in [-0.15, -0.1) is 11.8 Å². The van der Waals surface area contributed by atoms with Crippen molar-refractivity contribution in [3.63, 3.8) is 0 Å². The number of halogens is 3. The molecule has 3 aliphatic rings. The molecular formula is C100H122BrF2N11O22S6. The van der Waals surface area contributed by atoms with Gasteiger partial charge in [0.1, 0.15) is 52.0 Å². The highest BCUT2D eigenvalue weighted by Gasteiger charge is 2.31. The molecule has 0 saturated carbocycles. The summed E-state index contributed by atoms with van der Waals surface area (Å²) in [6.07, 6.45) is 15.5. The first kappa shape index (κ1) is 117. The Bertz CT molecular complexity index is 6560. The molecule has 0 radical (unpaired) electrons. The van der Waals surface area contributed by atoms with Gasteiger partial charge in [-0.2, -0.15) is 12.6 Å². The Balaban J connectivity index is 0.000000229. The van der Waals surface area contributed by atoms with Crippen molar-refractivity contribution in [2.75, 3.05) is 148 Å². The summed E-state index contributed by atoms with van der Waals surface area (Å²) in [6, 6.07) is 39.0. The van der Waals surface area contributed by atoms with Crippen LogP contribution in [0.4, 0.5) is 20.4 Å². The van der Waals surface area contributed by atoms with E-state index < -0.39 is 41.5 Å². The van der Waals surface area contributed by atoms with Gasteiger partial charge in [-0.3, -0.25) is 53.7 Å². The van der Waals surface area contributed by atoms with Gasteiger partial charge in [0.25, 0.3) is 0 Å². The van der Waals surface area contributed by atoms with Crippen LogP contribution in [0, 0.1) is 25.5 Å². The Hall–Kier alpha value is -11.8. The summed E-state index contributed by atoms with van der Waals surface area (Å²) >= 11 is 10.6. The number of methoxy groups -OCH3 is 8. The van der Waals surface area contributed by atoms with E-state index in [9.17, 15) is 62.8 Å². The number of benzene rings is 5. The standard InChI is InChI=1S/C25H29FN4O4S.C15H17NO5S.C15H17NO3S.C14H15NO5S.C11H16FN3.C10H8BrNO.C5H10O2S.C4H6OS.CH4O/c1-17-12-19(26)14-28-25(17)29-9-10-30(18(2)16-29)24(31)8-5-11-35(32,33)23-7-4-6-22-21(23)13-20(34-3)15-27-22;1-20-11-9-12-13(16-10-11)5-3-6-14(12)22(18,19)8-4-7-15(17)21-2;1-18-11-9-12-13(16-10-11)5-3-6-14(12)20-8-4-7-15(17)19-2;1-20-10-8-11-12(15-9-10)4-2-5-13(11)21(18,19)7-3-6-14(16)17;1-8-5-10(12)6-14-11(8)15-4-3-13-9(2)7-15;1-13-7-5-8-9(11)3-2-4-10(8)12-6-7;1-7-5(6)3-2-4-8;5-4-2-1-3-6-4;1-2/h4,6-7,12-15,18H,5,8-11,16H2,1-3H3;3,5-6,9-10H,4,7-8H2,1-2H3;3,5-6,9-10H,4,7-8H2,1-2H3;2,4-5,8-9H,3,6-7H2,1H3,(H,16,17);5-6,9,13H,3-4,7H2,1-2H3;2-6H,1H3;8H,2-4H2,1H3;1-3H2;2H,1H3/t18-;;;;;;;;/m0......../s1. The molecule has 3 N–H and O–H groups in total. The SMILES string of the molecule is CO.COC(=O)CCCS.COC(=O)CCCS(=O)(=O)c1cccc2ncc(OC)cc12.COC(=O)CCCSc1cccc2ncc(OC)cc12.COc1cnc2cccc(Br)c2c1.COc1cnc2cccc(S(=O)(=O)CCCC(=O)N3CCN(c4ncc(F)cc4C)C[C@@H]3C)c2c1.COc1cnc2cccc(S(=O)(=O)CCCC(=O)O)c2c1.Cc1cc(F)cnc1N1CCNC(C)C1.O=C1CCCS1. The normalized spacial score (nSPS) is 13.7. The number of aliphatic hydroxyl groups is 1. The number of esters is 3. The second-order valence-corrected chi connectivity index (χ2v) is 41.6. The highest BCUT2D eigenvalue weighted by molar-refractivity contribution is 9.10. The number of aliphatic hydroxyl groups excluding tert-OH is 1. The molecule has 15 rings (SSSR count). The fraction of sp³-hybridized carbons (Fsp3) is 0.390. The summed E-state index contributed by atoms with van der Waals surface area (Å²) < 4.78 is 142. The summed E-state index contributed by atoms with van der Waals surface area (Å²) in [5.74, 6) is 4.33. The molecule has 5 aromatic carbocycles. The number of aromatic nitrogens is 7. The van der Waals surface area contributed by atoms with E-state index >= 15 is 0 Å². The number of hydrogen-bond acceptors (Lipinski definition) is 34. The van der Waals surface area contributed by atoms with E-state index in [0.29, 0.717) is 93.6 Å². The molecule has 0 aliphatic carbocycles. The minimum atomic E-state index is -3.62. The molecule has 2 atom stereocenters. The molecule has 0 bridgehead atoms. The average Bonchev–Trinajstić information content (AvgIpc) is 0.923. The number of piperazine rings is 2. The van der Waals surface area contributed by atoms with Crippen molar-refractivity contribution in [1.82, 2.24) is 45.1 Å². The predicted octanol–water partition coefficient (Wildman–Crippen LogP) is 16.4. The predicted molar refractivity (Wildman–Crippen MR) is 556 cm³/mol. The lowest BCUT2D eigenvalue weighted by molar-refractivity contribution is -0.141. The Morgan fingerprint density at radius 3 is 1.25 bits per heavy atom. The van der Waals surface area contributed by atoms with Crippen LogP contribution in [0.25, 0.3) is 54.5 Å².